The van der Waals surface area contributed by atoms with Crippen LogP contribution in [-0.4, -0.2) is 41.7 Å². The van der Waals surface area contributed by atoms with Gasteiger partial charge in [-0.1, -0.05) is 61.2 Å². The summed E-state index contributed by atoms with van der Waals surface area (Å²) >= 11 is 1.46. The molecule has 0 saturated heterocycles. The van der Waals surface area contributed by atoms with Gasteiger partial charge in [0.15, 0.2) is 5.17 Å². The van der Waals surface area contributed by atoms with E-state index in [4.69, 9.17) is 14.5 Å². The van der Waals surface area contributed by atoms with Gasteiger partial charge in [0.25, 0.3) is 0 Å². The molecule has 1 amide bonds. The van der Waals surface area contributed by atoms with Gasteiger partial charge < -0.3 is 19.7 Å². The van der Waals surface area contributed by atoms with E-state index in [2.05, 4.69) is 5.32 Å². The van der Waals surface area contributed by atoms with Gasteiger partial charge in [-0.05, 0) is 43.4 Å². The molecule has 2 aliphatic rings. The molecule has 0 fully saturated rings. The lowest BCUT2D eigenvalue weighted by Crippen LogP contribution is -2.39. The van der Waals surface area contributed by atoms with E-state index >= 15 is 0 Å². The standard InChI is InChI=1S/C28H31N3O4S/c1-5-18(3)29-23(32)16-21-17-36-28-30-25(19-10-8-7-9-11-19)24(27(33)35-6-2)26(31(21)28)20-12-14-22(34-4)15-13-20/h7-15,17-18,26H,5-6,16H2,1-4H3,(H,29,32)/t18-,26+/m0/s1. The number of nitrogens with one attached hydrogen (secondary N) is 1. The van der Waals surface area contributed by atoms with Crippen molar-refractivity contribution in [1.82, 2.24) is 10.2 Å². The second-order valence-corrected chi connectivity index (χ2v) is 9.41. The van der Waals surface area contributed by atoms with Crippen LogP contribution in [0.2, 0.25) is 0 Å². The lowest BCUT2D eigenvalue weighted by molar-refractivity contribution is -0.139. The second kappa shape index (κ2) is 11.5. The lowest BCUT2D eigenvalue weighted by atomic mass is 9.91. The summed E-state index contributed by atoms with van der Waals surface area (Å²) in [6.07, 6.45) is 1.03. The molecule has 188 valence electrons. The SMILES string of the molecule is CCOC(=O)C1=C(c2ccccc2)N=C2SC=C(CC(=O)N[C@@H](C)CC)N2[C@@H]1c1ccc(OC)cc1. The summed E-state index contributed by atoms with van der Waals surface area (Å²) in [4.78, 5) is 33.2. The Morgan fingerprint density at radius 3 is 2.47 bits per heavy atom. The number of rotatable bonds is 9. The first-order valence-corrected chi connectivity index (χ1v) is 13.0. The minimum Gasteiger partial charge on any atom is -0.497 e. The zero-order valence-corrected chi connectivity index (χ0v) is 21.8. The summed E-state index contributed by atoms with van der Waals surface area (Å²) in [6, 6.07) is 16.8. The van der Waals surface area contributed by atoms with Gasteiger partial charge in [0.2, 0.25) is 5.91 Å². The van der Waals surface area contributed by atoms with Gasteiger partial charge in [-0.2, -0.15) is 0 Å². The third-order valence-electron chi connectivity index (χ3n) is 6.15. The molecule has 2 aromatic rings. The highest BCUT2D eigenvalue weighted by atomic mass is 32.2. The van der Waals surface area contributed by atoms with Crippen LogP contribution < -0.4 is 10.1 Å². The summed E-state index contributed by atoms with van der Waals surface area (Å²) in [5.74, 6) is 0.217. The number of carbonyl (C=O) groups excluding carboxylic acids is 2. The van der Waals surface area contributed by atoms with E-state index in [1.165, 1.54) is 11.8 Å². The minimum atomic E-state index is -0.518. The zero-order chi connectivity index (χ0) is 25.7. The van der Waals surface area contributed by atoms with E-state index in [1.54, 1.807) is 14.0 Å². The predicted molar refractivity (Wildman–Crippen MR) is 143 cm³/mol. The van der Waals surface area contributed by atoms with Crippen LogP contribution in [0, 0.1) is 0 Å². The minimum absolute atomic E-state index is 0.0681. The number of carbonyl (C=O) groups is 2. The molecule has 36 heavy (non-hydrogen) atoms. The summed E-state index contributed by atoms with van der Waals surface area (Å²) < 4.78 is 10.9. The van der Waals surface area contributed by atoms with E-state index in [1.807, 2.05) is 78.8 Å². The average molecular weight is 506 g/mol. The van der Waals surface area contributed by atoms with Crippen molar-refractivity contribution in [1.29, 1.82) is 0 Å². The van der Waals surface area contributed by atoms with Crippen molar-refractivity contribution < 1.29 is 19.1 Å². The van der Waals surface area contributed by atoms with Crippen molar-refractivity contribution in [2.45, 2.75) is 45.7 Å². The van der Waals surface area contributed by atoms with Gasteiger partial charge >= 0.3 is 5.97 Å². The quantitative estimate of drug-likeness (QED) is 0.468. The molecule has 4 rings (SSSR count). The van der Waals surface area contributed by atoms with Crippen LogP contribution in [0.5, 0.6) is 5.75 Å². The normalized spacial score (nSPS) is 17.7. The molecule has 0 radical (unpaired) electrons. The molecule has 0 saturated carbocycles. The Labute approximate surface area is 216 Å². The first-order valence-electron chi connectivity index (χ1n) is 12.1. The third kappa shape index (κ3) is 5.33. The van der Waals surface area contributed by atoms with Crippen molar-refractivity contribution in [2.75, 3.05) is 13.7 Å². The van der Waals surface area contributed by atoms with Crippen LogP contribution in [-0.2, 0) is 14.3 Å². The molecule has 7 nitrogen and oxygen atoms in total. The number of thioether (sulfide) groups is 1. The van der Waals surface area contributed by atoms with E-state index in [0.29, 0.717) is 22.2 Å². The number of fused-ring (bicyclic) bond motifs is 1. The number of methoxy groups -OCH3 is 1. The molecule has 0 bridgehead atoms. The second-order valence-electron chi connectivity index (χ2n) is 8.57. The molecule has 0 aliphatic carbocycles. The van der Waals surface area contributed by atoms with Crippen molar-refractivity contribution in [3.8, 4) is 5.75 Å². The largest absolute Gasteiger partial charge is 0.497 e. The highest BCUT2D eigenvalue weighted by molar-refractivity contribution is 8.16. The number of hydrogen-bond donors (Lipinski definition) is 1. The Kier molecular flexibility index (Phi) is 8.15. The van der Waals surface area contributed by atoms with Gasteiger partial charge in [0, 0.05) is 17.3 Å². The average Bonchev–Trinajstić information content (AvgIpc) is 3.30. The van der Waals surface area contributed by atoms with Crippen molar-refractivity contribution in [2.24, 2.45) is 4.99 Å². The smallest absolute Gasteiger partial charge is 0.338 e. The number of ether oxygens (including phenoxy) is 2. The van der Waals surface area contributed by atoms with Gasteiger partial charge in [-0.25, -0.2) is 9.79 Å². The summed E-state index contributed by atoms with van der Waals surface area (Å²) in [6.45, 7) is 6.05. The molecule has 8 heteroatoms. The molecule has 2 aromatic carbocycles. The molecule has 0 aromatic heterocycles. The van der Waals surface area contributed by atoms with Crippen molar-refractivity contribution >= 4 is 34.5 Å². The lowest BCUT2D eigenvalue weighted by Gasteiger charge is -2.37. The molecule has 0 spiro atoms. The number of esters is 1. The monoisotopic (exact) mass is 505 g/mol. The Hall–Kier alpha value is -3.52. The van der Waals surface area contributed by atoms with Crippen LogP contribution in [0.1, 0.15) is 50.8 Å². The highest BCUT2D eigenvalue weighted by Gasteiger charge is 2.42. The van der Waals surface area contributed by atoms with Gasteiger partial charge in [0.1, 0.15) is 5.75 Å². The maximum absolute atomic E-state index is 13.5. The molecular formula is C28H31N3O4S. The Balaban J connectivity index is 1.83. The molecule has 2 heterocycles. The number of hydrogen-bond acceptors (Lipinski definition) is 7. The third-order valence-corrected chi connectivity index (χ3v) is 7.03. The molecule has 1 N–H and O–H groups in total. The molecule has 2 atom stereocenters. The number of aliphatic imine (C=N–C) groups is 1. The highest BCUT2D eigenvalue weighted by Crippen LogP contribution is 2.47. The predicted octanol–water partition coefficient (Wildman–Crippen LogP) is 5.28. The number of amidine groups is 1. The Morgan fingerprint density at radius 1 is 1.11 bits per heavy atom. The first kappa shape index (κ1) is 25.6. The van der Waals surface area contributed by atoms with E-state index in [-0.39, 0.29) is 25.0 Å². The maximum atomic E-state index is 13.5. The van der Waals surface area contributed by atoms with E-state index in [9.17, 15) is 9.59 Å². The summed E-state index contributed by atoms with van der Waals surface area (Å²) in [5.41, 5.74) is 3.50. The fourth-order valence-corrected chi connectivity index (χ4v) is 5.10. The number of amides is 1. The van der Waals surface area contributed by atoms with Gasteiger partial charge in [-0.3, -0.25) is 4.79 Å². The molecular weight excluding hydrogens is 474 g/mol. The summed E-state index contributed by atoms with van der Waals surface area (Å²) in [7, 11) is 1.62. The topological polar surface area (TPSA) is 80.2 Å². The maximum Gasteiger partial charge on any atom is 0.338 e. The van der Waals surface area contributed by atoms with Crippen molar-refractivity contribution in [3.05, 3.63) is 82.4 Å². The Bertz CT molecular complexity index is 1210. The van der Waals surface area contributed by atoms with Crippen LogP contribution in [0.4, 0.5) is 0 Å². The summed E-state index contributed by atoms with van der Waals surface area (Å²) in [5, 5.41) is 5.70. The molecule has 0 unspecified atom stereocenters. The van der Waals surface area contributed by atoms with Crippen molar-refractivity contribution in [3.63, 3.8) is 0 Å². The van der Waals surface area contributed by atoms with Crippen LogP contribution >= 0.6 is 11.8 Å². The zero-order valence-electron chi connectivity index (χ0n) is 21.0. The van der Waals surface area contributed by atoms with E-state index in [0.717, 1.165) is 23.2 Å². The first-order chi connectivity index (χ1) is 17.5. The van der Waals surface area contributed by atoms with Gasteiger partial charge in [0.05, 0.1) is 37.4 Å². The Morgan fingerprint density at radius 2 is 1.83 bits per heavy atom. The van der Waals surface area contributed by atoms with Crippen LogP contribution in [0.3, 0.4) is 0 Å². The fraction of sp³-hybridized carbons (Fsp3) is 0.321. The van der Waals surface area contributed by atoms with Crippen LogP contribution in [0.25, 0.3) is 5.70 Å². The molecule has 2 aliphatic heterocycles. The fourth-order valence-electron chi connectivity index (χ4n) is 4.18. The number of nitrogens with zero attached hydrogens (tertiary/aromatic N) is 2. The van der Waals surface area contributed by atoms with Gasteiger partial charge in [-0.15, -0.1) is 0 Å². The van der Waals surface area contributed by atoms with E-state index < -0.39 is 12.0 Å². The number of benzene rings is 2. The van der Waals surface area contributed by atoms with Crippen LogP contribution in [0.15, 0.2) is 76.3 Å².